The van der Waals surface area contributed by atoms with Gasteiger partial charge in [0.05, 0.1) is 10.9 Å². The summed E-state index contributed by atoms with van der Waals surface area (Å²) >= 11 is 4.79. The maximum absolute atomic E-state index is 11.6. The number of amides is 1. The zero-order valence-electron chi connectivity index (χ0n) is 10.0. The van der Waals surface area contributed by atoms with Gasteiger partial charge >= 0.3 is 0 Å². The molecule has 5 heteroatoms. The number of carbonyl (C=O) groups excluding carboxylic acids is 1. The average molecular weight is 243 g/mol. The predicted octanol–water partition coefficient (Wildman–Crippen LogP) is 0.367. The number of likely N-dealkylation sites (tertiary alicyclic amines) is 1. The maximum atomic E-state index is 11.6. The van der Waals surface area contributed by atoms with Crippen LogP contribution in [0.2, 0.25) is 0 Å². The summed E-state index contributed by atoms with van der Waals surface area (Å²) in [6.45, 7) is 4.69. The summed E-state index contributed by atoms with van der Waals surface area (Å²) in [5.41, 5.74) is 5.43. The second-order valence-corrected chi connectivity index (χ2v) is 5.11. The van der Waals surface area contributed by atoms with Crippen molar-refractivity contribution in [2.75, 3.05) is 26.7 Å². The molecule has 2 atom stereocenters. The van der Waals surface area contributed by atoms with Gasteiger partial charge in [0.15, 0.2) is 0 Å². The Balaban J connectivity index is 2.28. The zero-order valence-corrected chi connectivity index (χ0v) is 10.8. The van der Waals surface area contributed by atoms with Gasteiger partial charge in [0.1, 0.15) is 0 Å². The van der Waals surface area contributed by atoms with E-state index in [-0.39, 0.29) is 16.8 Å². The van der Waals surface area contributed by atoms with Gasteiger partial charge in [-0.25, -0.2) is 0 Å². The molecule has 0 bridgehead atoms. The average Bonchev–Trinajstić information content (AvgIpc) is 2.24. The van der Waals surface area contributed by atoms with E-state index < -0.39 is 0 Å². The van der Waals surface area contributed by atoms with E-state index in [0.717, 1.165) is 19.6 Å². The van der Waals surface area contributed by atoms with E-state index in [1.807, 2.05) is 0 Å². The molecule has 1 saturated heterocycles. The molecule has 0 aromatic carbocycles. The van der Waals surface area contributed by atoms with Gasteiger partial charge in [-0.15, -0.1) is 0 Å². The first-order valence-corrected chi connectivity index (χ1v) is 6.17. The Bertz CT molecular complexity index is 270. The van der Waals surface area contributed by atoms with E-state index in [1.54, 1.807) is 6.92 Å². The lowest BCUT2D eigenvalue weighted by Crippen LogP contribution is -2.42. The van der Waals surface area contributed by atoms with Crippen LogP contribution in [0.3, 0.4) is 0 Å². The molecule has 92 valence electrons. The van der Waals surface area contributed by atoms with Crippen molar-refractivity contribution in [2.24, 2.45) is 17.6 Å². The van der Waals surface area contributed by atoms with Gasteiger partial charge in [0.25, 0.3) is 0 Å². The minimum Gasteiger partial charge on any atom is -0.393 e. The van der Waals surface area contributed by atoms with Crippen LogP contribution in [-0.2, 0) is 4.79 Å². The highest BCUT2D eigenvalue weighted by atomic mass is 32.1. The molecule has 1 amide bonds. The van der Waals surface area contributed by atoms with Gasteiger partial charge in [-0.2, -0.15) is 0 Å². The molecule has 0 aliphatic carbocycles. The van der Waals surface area contributed by atoms with Crippen LogP contribution in [0.25, 0.3) is 0 Å². The SMILES string of the molecule is CC(C(=O)NCC1CCCN(C)C1)C(N)=S. The first-order chi connectivity index (χ1) is 7.50. The zero-order chi connectivity index (χ0) is 12.1. The molecule has 1 aliphatic heterocycles. The highest BCUT2D eigenvalue weighted by Crippen LogP contribution is 2.13. The first-order valence-electron chi connectivity index (χ1n) is 5.76. The van der Waals surface area contributed by atoms with E-state index in [9.17, 15) is 4.79 Å². The van der Waals surface area contributed by atoms with Crippen molar-refractivity contribution in [3.05, 3.63) is 0 Å². The van der Waals surface area contributed by atoms with E-state index in [0.29, 0.717) is 5.92 Å². The standard InChI is InChI=1S/C11H21N3OS/c1-8(10(12)16)11(15)13-6-9-4-3-5-14(2)7-9/h8-9H,3-7H2,1-2H3,(H2,12,16)(H,13,15). The van der Waals surface area contributed by atoms with Crippen molar-refractivity contribution < 1.29 is 4.79 Å². The van der Waals surface area contributed by atoms with Crippen molar-refractivity contribution in [3.63, 3.8) is 0 Å². The molecular formula is C11H21N3OS. The van der Waals surface area contributed by atoms with Crippen LogP contribution in [0.1, 0.15) is 19.8 Å². The normalized spacial score (nSPS) is 23.8. The number of piperidine rings is 1. The number of hydrogen-bond donors (Lipinski definition) is 2. The van der Waals surface area contributed by atoms with Crippen molar-refractivity contribution in [1.82, 2.24) is 10.2 Å². The molecule has 3 N–H and O–H groups in total. The largest absolute Gasteiger partial charge is 0.393 e. The highest BCUT2D eigenvalue weighted by molar-refractivity contribution is 7.80. The maximum Gasteiger partial charge on any atom is 0.229 e. The van der Waals surface area contributed by atoms with E-state index in [1.165, 1.54) is 12.8 Å². The molecule has 2 unspecified atom stereocenters. The molecule has 1 rings (SSSR count). The number of carbonyl (C=O) groups is 1. The van der Waals surface area contributed by atoms with E-state index in [2.05, 4.69) is 17.3 Å². The topological polar surface area (TPSA) is 58.4 Å². The smallest absolute Gasteiger partial charge is 0.229 e. The quantitative estimate of drug-likeness (QED) is 0.700. The van der Waals surface area contributed by atoms with E-state index in [4.69, 9.17) is 18.0 Å². The van der Waals surface area contributed by atoms with Gasteiger partial charge < -0.3 is 16.0 Å². The number of nitrogens with two attached hydrogens (primary N) is 1. The van der Waals surface area contributed by atoms with Crippen LogP contribution >= 0.6 is 12.2 Å². The number of thiocarbonyl (C=S) groups is 1. The van der Waals surface area contributed by atoms with Crippen molar-refractivity contribution in [2.45, 2.75) is 19.8 Å². The molecule has 0 saturated carbocycles. The third-order valence-corrected chi connectivity index (χ3v) is 3.46. The van der Waals surface area contributed by atoms with Gasteiger partial charge in [-0.1, -0.05) is 12.2 Å². The summed E-state index contributed by atoms with van der Waals surface area (Å²) in [5.74, 6) is 0.137. The molecule has 0 spiro atoms. The third-order valence-electron chi connectivity index (χ3n) is 3.11. The lowest BCUT2D eigenvalue weighted by molar-refractivity contribution is -0.122. The molecule has 0 aromatic rings. The first kappa shape index (κ1) is 13.4. The summed E-state index contributed by atoms with van der Waals surface area (Å²) < 4.78 is 0. The molecule has 16 heavy (non-hydrogen) atoms. The molecule has 1 heterocycles. The molecule has 4 nitrogen and oxygen atoms in total. The van der Waals surface area contributed by atoms with Gasteiger partial charge in [0.2, 0.25) is 5.91 Å². The van der Waals surface area contributed by atoms with Crippen LogP contribution in [0.4, 0.5) is 0 Å². The van der Waals surface area contributed by atoms with Crippen molar-refractivity contribution >= 4 is 23.1 Å². The Labute approximate surface area is 103 Å². The van der Waals surface area contributed by atoms with Crippen molar-refractivity contribution in [1.29, 1.82) is 0 Å². The lowest BCUT2D eigenvalue weighted by Gasteiger charge is -2.29. The Morgan fingerprint density at radius 2 is 2.38 bits per heavy atom. The molecule has 0 aromatic heterocycles. The monoisotopic (exact) mass is 243 g/mol. The fraction of sp³-hybridized carbons (Fsp3) is 0.818. The Hall–Kier alpha value is -0.680. The van der Waals surface area contributed by atoms with Crippen molar-refractivity contribution in [3.8, 4) is 0 Å². The second-order valence-electron chi connectivity index (χ2n) is 4.64. The summed E-state index contributed by atoms with van der Waals surface area (Å²) in [5, 5.41) is 2.92. The Kier molecular flexibility index (Phi) is 5.15. The van der Waals surface area contributed by atoms with Gasteiger partial charge in [0, 0.05) is 13.1 Å². The highest BCUT2D eigenvalue weighted by Gasteiger charge is 2.20. The number of nitrogens with one attached hydrogen (secondary N) is 1. The van der Waals surface area contributed by atoms with Crippen LogP contribution in [0, 0.1) is 11.8 Å². The molecule has 1 fully saturated rings. The second kappa shape index (κ2) is 6.15. The molecule has 0 radical (unpaired) electrons. The minimum atomic E-state index is -0.365. The Morgan fingerprint density at radius 3 is 2.94 bits per heavy atom. The lowest BCUT2D eigenvalue weighted by atomic mass is 9.98. The molecule has 1 aliphatic rings. The minimum absolute atomic E-state index is 0.0549. The summed E-state index contributed by atoms with van der Waals surface area (Å²) in [4.78, 5) is 14.2. The Morgan fingerprint density at radius 1 is 1.69 bits per heavy atom. The fourth-order valence-corrected chi connectivity index (χ4v) is 2.07. The fourth-order valence-electron chi connectivity index (χ4n) is 1.97. The van der Waals surface area contributed by atoms with Crippen LogP contribution in [-0.4, -0.2) is 42.5 Å². The summed E-state index contributed by atoms with van der Waals surface area (Å²) in [7, 11) is 2.12. The van der Waals surface area contributed by atoms with Crippen LogP contribution in [0.15, 0.2) is 0 Å². The predicted molar refractivity (Wildman–Crippen MR) is 69.2 cm³/mol. The van der Waals surface area contributed by atoms with Crippen LogP contribution < -0.4 is 11.1 Å². The summed E-state index contributed by atoms with van der Waals surface area (Å²) in [6, 6.07) is 0. The van der Waals surface area contributed by atoms with Crippen LogP contribution in [0.5, 0.6) is 0 Å². The summed E-state index contributed by atoms with van der Waals surface area (Å²) in [6.07, 6.45) is 2.40. The molecular weight excluding hydrogens is 222 g/mol. The number of nitrogens with zero attached hydrogens (tertiary/aromatic N) is 1. The third kappa shape index (κ3) is 4.06. The van der Waals surface area contributed by atoms with Gasteiger partial charge in [-0.3, -0.25) is 4.79 Å². The van der Waals surface area contributed by atoms with E-state index >= 15 is 0 Å². The number of rotatable bonds is 4. The van der Waals surface area contributed by atoms with Gasteiger partial charge in [-0.05, 0) is 39.3 Å². The number of hydrogen-bond acceptors (Lipinski definition) is 3.